The molecule has 1 saturated heterocycles. The first kappa shape index (κ1) is 25.4. The Labute approximate surface area is 205 Å². The number of fused-ring (bicyclic) bond motifs is 1. The topological polar surface area (TPSA) is 28.5 Å². The van der Waals surface area contributed by atoms with Crippen molar-refractivity contribution in [2.75, 3.05) is 19.6 Å². The van der Waals surface area contributed by atoms with Crippen molar-refractivity contribution < 1.29 is 0 Å². The molecule has 176 valence electrons. The molecule has 0 bridgehead atoms. The number of benzene rings is 1. The van der Waals surface area contributed by atoms with Crippen LogP contribution in [0.25, 0.3) is 5.57 Å². The molecule has 0 atom stereocenters. The summed E-state index contributed by atoms with van der Waals surface area (Å²) in [5.74, 6) is 0. The van der Waals surface area contributed by atoms with E-state index in [0.717, 1.165) is 56.9 Å². The van der Waals surface area contributed by atoms with E-state index < -0.39 is 0 Å². The molecule has 0 radical (unpaired) electrons. The minimum atomic E-state index is 0.766. The Kier molecular flexibility index (Phi) is 9.46. The molecule has 0 unspecified atom stereocenters. The van der Waals surface area contributed by atoms with Crippen LogP contribution in [0.1, 0.15) is 69.2 Å². The third-order valence-electron chi connectivity index (χ3n) is 6.51. The second-order valence-corrected chi connectivity index (χ2v) is 9.22. The van der Waals surface area contributed by atoms with Gasteiger partial charge in [-0.25, -0.2) is 0 Å². The second kappa shape index (κ2) is 12.3. The van der Waals surface area contributed by atoms with Crippen LogP contribution in [0, 0.1) is 6.92 Å². The van der Waals surface area contributed by atoms with Crippen LogP contribution >= 0.6 is 11.6 Å². The van der Waals surface area contributed by atoms with Crippen molar-refractivity contribution in [3.8, 4) is 0 Å². The molecule has 1 aromatic heterocycles. The van der Waals surface area contributed by atoms with E-state index in [1.807, 2.05) is 45.4 Å². The largest absolute Gasteiger partial charge is 0.298 e. The summed E-state index contributed by atoms with van der Waals surface area (Å²) in [4.78, 5) is 11.6. The van der Waals surface area contributed by atoms with Gasteiger partial charge in [0.05, 0.1) is 6.54 Å². The maximum atomic E-state index is 6.36. The number of likely N-dealkylation sites (tertiary alicyclic amines) is 1. The van der Waals surface area contributed by atoms with E-state index >= 15 is 0 Å². The van der Waals surface area contributed by atoms with E-state index in [9.17, 15) is 0 Å². The summed E-state index contributed by atoms with van der Waals surface area (Å²) in [5.41, 5.74) is 11.2. The molecule has 2 aliphatic rings. The summed E-state index contributed by atoms with van der Waals surface area (Å²) in [7, 11) is 0. The molecule has 1 aromatic carbocycles. The van der Waals surface area contributed by atoms with Crippen LogP contribution in [0.2, 0.25) is 5.02 Å². The van der Waals surface area contributed by atoms with Gasteiger partial charge in [0.1, 0.15) is 0 Å². The fourth-order valence-corrected chi connectivity index (χ4v) is 5.05. The minimum absolute atomic E-state index is 0.766. The Hall–Kier alpha value is -2.23. The SMILES string of the molecule is CC.CC=NCC1=C(C)CCc2cc(Cl)ccc2C1=C1CCN(Cc2cncc(C)c2)CC1. The maximum Gasteiger partial charge on any atom is 0.0641 e. The lowest BCUT2D eigenvalue weighted by Gasteiger charge is -2.31. The van der Waals surface area contributed by atoms with Gasteiger partial charge >= 0.3 is 0 Å². The summed E-state index contributed by atoms with van der Waals surface area (Å²) in [5, 5.41) is 0.831. The van der Waals surface area contributed by atoms with Crippen molar-refractivity contribution in [2.24, 2.45) is 4.99 Å². The number of nitrogens with zero attached hydrogens (tertiary/aromatic N) is 3. The quantitative estimate of drug-likeness (QED) is 0.440. The molecule has 4 heteroatoms. The zero-order valence-corrected chi connectivity index (χ0v) is 21.7. The number of aromatic nitrogens is 1. The molecule has 4 rings (SSSR count). The first-order valence-electron chi connectivity index (χ1n) is 12.3. The smallest absolute Gasteiger partial charge is 0.0641 e. The third kappa shape index (κ3) is 6.43. The molecule has 1 fully saturated rings. The average Bonchev–Trinajstić information content (AvgIpc) is 2.96. The molecule has 0 amide bonds. The highest BCUT2D eigenvalue weighted by molar-refractivity contribution is 6.30. The normalized spacial score (nSPS) is 17.0. The standard InChI is InChI=1S/C27H32ClN3.C2H6/c1-4-29-17-26-20(3)5-6-23-14-24(28)7-8-25(23)27(26)22-9-11-31(12-10-22)18-21-13-19(2)15-30-16-21;1-2/h4,7-8,13-16H,5-6,9-12,17-18H2,1-3H3;1-2H3. The molecule has 33 heavy (non-hydrogen) atoms. The number of halogens is 1. The van der Waals surface area contributed by atoms with E-state index in [2.05, 4.69) is 46.9 Å². The van der Waals surface area contributed by atoms with Gasteiger partial charge in [0.15, 0.2) is 0 Å². The van der Waals surface area contributed by atoms with Gasteiger partial charge in [0.2, 0.25) is 0 Å². The van der Waals surface area contributed by atoms with Crippen LogP contribution in [0.4, 0.5) is 0 Å². The Morgan fingerprint density at radius 3 is 2.48 bits per heavy atom. The Morgan fingerprint density at radius 1 is 1.03 bits per heavy atom. The highest BCUT2D eigenvalue weighted by Crippen LogP contribution is 2.40. The van der Waals surface area contributed by atoms with Gasteiger partial charge in [-0.1, -0.05) is 48.7 Å². The van der Waals surface area contributed by atoms with E-state index in [1.165, 1.54) is 39.0 Å². The summed E-state index contributed by atoms with van der Waals surface area (Å²) < 4.78 is 0. The lowest BCUT2D eigenvalue weighted by Crippen LogP contribution is -2.30. The van der Waals surface area contributed by atoms with Gasteiger partial charge in [0, 0.05) is 37.1 Å². The van der Waals surface area contributed by atoms with E-state index in [4.69, 9.17) is 11.6 Å². The van der Waals surface area contributed by atoms with Crippen molar-refractivity contribution in [3.05, 3.63) is 80.7 Å². The number of rotatable bonds is 4. The summed E-state index contributed by atoms with van der Waals surface area (Å²) in [6.45, 7) is 14.3. The summed E-state index contributed by atoms with van der Waals surface area (Å²) in [6.07, 6.45) is 10.2. The minimum Gasteiger partial charge on any atom is -0.298 e. The van der Waals surface area contributed by atoms with Crippen LogP contribution < -0.4 is 0 Å². The van der Waals surface area contributed by atoms with E-state index in [0.29, 0.717) is 0 Å². The number of aryl methyl sites for hydroxylation is 2. The predicted octanol–water partition coefficient (Wildman–Crippen LogP) is 7.47. The van der Waals surface area contributed by atoms with Gasteiger partial charge < -0.3 is 0 Å². The van der Waals surface area contributed by atoms with Crippen LogP contribution in [0.3, 0.4) is 0 Å². The number of pyridine rings is 1. The number of piperidine rings is 1. The fraction of sp³-hybridized carbons (Fsp3) is 0.448. The molecule has 1 aliphatic carbocycles. The number of hydrogen-bond acceptors (Lipinski definition) is 3. The highest BCUT2D eigenvalue weighted by Gasteiger charge is 2.25. The molecule has 1 aliphatic heterocycles. The van der Waals surface area contributed by atoms with Crippen molar-refractivity contribution in [3.63, 3.8) is 0 Å². The molecular formula is C29H38ClN3. The van der Waals surface area contributed by atoms with Crippen LogP contribution in [-0.2, 0) is 13.0 Å². The molecule has 2 aromatic rings. The first-order chi connectivity index (χ1) is 16.0. The van der Waals surface area contributed by atoms with Crippen LogP contribution in [0.5, 0.6) is 0 Å². The van der Waals surface area contributed by atoms with Gasteiger partial charge in [-0.3, -0.25) is 14.9 Å². The van der Waals surface area contributed by atoms with Gasteiger partial charge in [-0.05, 0) is 98.2 Å². The predicted molar refractivity (Wildman–Crippen MR) is 143 cm³/mol. The second-order valence-electron chi connectivity index (χ2n) is 8.78. The van der Waals surface area contributed by atoms with Crippen molar-refractivity contribution in [1.29, 1.82) is 0 Å². The Bertz CT molecular complexity index is 1040. The number of hydrogen-bond donors (Lipinski definition) is 0. The van der Waals surface area contributed by atoms with Crippen molar-refractivity contribution >= 4 is 23.4 Å². The van der Waals surface area contributed by atoms with Gasteiger partial charge in [-0.2, -0.15) is 0 Å². The number of aliphatic imine (C=N–C) groups is 1. The van der Waals surface area contributed by atoms with Crippen molar-refractivity contribution in [2.45, 2.75) is 66.8 Å². The first-order valence-corrected chi connectivity index (χ1v) is 12.7. The van der Waals surface area contributed by atoms with Gasteiger partial charge in [-0.15, -0.1) is 0 Å². The number of allylic oxidation sites excluding steroid dienone is 1. The maximum absolute atomic E-state index is 6.36. The molecule has 2 heterocycles. The van der Waals surface area contributed by atoms with Crippen LogP contribution in [0.15, 0.2) is 58.4 Å². The Balaban J connectivity index is 0.00000149. The van der Waals surface area contributed by atoms with Crippen molar-refractivity contribution in [1.82, 2.24) is 9.88 Å². The third-order valence-corrected chi connectivity index (χ3v) is 6.74. The zero-order chi connectivity index (χ0) is 23.8. The van der Waals surface area contributed by atoms with E-state index in [-0.39, 0.29) is 0 Å². The molecular weight excluding hydrogens is 426 g/mol. The van der Waals surface area contributed by atoms with Gasteiger partial charge in [0.25, 0.3) is 0 Å². The lowest BCUT2D eigenvalue weighted by molar-refractivity contribution is 0.248. The molecule has 0 N–H and O–H groups in total. The summed E-state index contributed by atoms with van der Waals surface area (Å²) >= 11 is 6.36. The fourth-order valence-electron chi connectivity index (χ4n) is 4.86. The highest BCUT2D eigenvalue weighted by atomic mass is 35.5. The molecule has 0 saturated carbocycles. The molecule has 0 spiro atoms. The zero-order valence-electron chi connectivity index (χ0n) is 20.9. The summed E-state index contributed by atoms with van der Waals surface area (Å²) in [6, 6.07) is 8.69. The molecule has 3 nitrogen and oxygen atoms in total. The van der Waals surface area contributed by atoms with E-state index in [1.54, 1.807) is 5.57 Å². The monoisotopic (exact) mass is 463 g/mol. The Morgan fingerprint density at radius 2 is 1.79 bits per heavy atom. The van der Waals surface area contributed by atoms with Crippen LogP contribution in [-0.4, -0.2) is 35.7 Å². The average molecular weight is 464 g/mol. The lowest BCUT2D eigenvalue weighted by atomic mass is 9.86.